The Hall–Kier alpha value is -5.77. The number of carbonyl (C=O) groups excluding carboxylic acids is 2. The number of rotatable bonds is 11. The topological polar surface area (TPSA) is 164 Å². The van der Waals surface area contributed by atoms with E-state index in [-0.39, 0.29) is 52.4 Å². The Balaban J connectivity index is 0.00000622. The van der Waals surface area contributed by atoms with E-state index in [1.165, 1.54) is 4.57 Å². The van der Waals surface area contributed by atoms with E-state index in [0.29, 0.717) is 28.5 Å². The minimum absolute atomic E-state index is 0. The van der Waals surface area contributed by atoms with Gasteiger partial charge in [-0.15, -0.1) is 21.5 Å². The third kappa shape index (κ3) is 10.2. The zero-order chi connectivity index (χ0) is 42.5. The minimum atomic E-state index is -2.30. The molecule has 2 atom stereocenters. The molecule has 1 aliphatic heterocycles. The van der Waals surface area contributed by atoms with E-state index in [1.807, 2.05) is 81.7 Å². The van der Waals surface area contributed by atoms with Crippen molar-refractivity contribution in [3.63, 3.8) is 0 Å². The number of aromatic hydroxyl groups is 1. The van der Waals surface area contributed by atoms with E-state index < -0.39 is 14.9 Å². The molecule has 4 heterocycles. The fourth-order valence-corrected chi connectivity index (χ4v) is 9.13. The fourth-order valence-electron chi connectivity index (χ4n) is 7.28. The second-order valence-corrected chi connectivity index (χ2v) is 18.0. The van der Waals surface area contributed by atoms with E-state index >= 15 is 0 Å². The molecule has 1 unspecified atom stereocenters. The van der Waals surface area contributed by atoms with Crippen molar-refractivity contribution in [1.29, 1.82) is 0 Å². The van der Waals surface area contributed by atoms with Crippen LogP contribution in [0.15, 0.2) is 95.0 Å². The van der Waals surface area contributed by atoms with E-state index in [4.69, 9.17) is 10.3 Å². The Labute approximate surface area is 373 Å². The number of thiazole rings is 1. The number of benzene rings is 3. The molecule has 12 nitrogen and oxygen atoms in total. The summed E-state index contributed by atoms with van der Waals surface area (Å²) < 4.78 is 6.91. The van der Waals surface area contributed by atoms with Crippen LogP contribution in [0.4, 0.5) is 16.3 Å². The molecule has 0 aliphatic carbocycles. The van der Waals surface area contributed by atoms with Gasteiger partial charge in [0.2, 0.25) is 0 Å². The molecule has 0 saturated carbocycles. The molecule has 2 amide bonds. The minimum Gasteiger partial charge on any atom is -0.536 e. The van der Waals surface area contributed by atoms with Gasteiger partial charge < -0.3 is 36.7 Å². The maximum Gasteiger partial charge on any atom is 2.00 e. The van der Waals surface area contributed by atoms with Crippen molar-refractivity contribution in [1.82, 2.24) is 30.2 Å². The molecular formula is C46H47CrN8O4SSi. The monoisotopic (exact) mass is 887 g/mol. The number of aryl methyl sites for hydroxylation is 1. The van der Waals surface area contributed by atoms with Crippen molar-refractivity contribution in [3.8, 4) is 50.4 Å². The van der Waals surface area contributed by atoms with Crippen LogP contribution >= 0.6 is 11.3 Å². The van der Waals surface area contributed by atoms with E-state index in [0.717, 1.165) is 64.4 Å². The molecule has 3 aromatic heterocycles. The smallest absolute Gasteiger partial charge is 0.536 e. The quantitative estimate of drug-likeness (QED) is 0.0653. The normalized spacial score (nSPS) is 13.9. The van der Waals surface area contributed by atoms with Gasteiger partial charge in [-0.3, -0.25) is 16.6 Å². The van der Waals surface area contributed by atoms with Crippen molar-refractivity contribution in [2.75, 3.05) is 23.7 Å². The summed E-state index contributed by atoms with van der Waals surface area (Å²) in [4.78, 5) is 34.9. The number of carbonyl (C=O) groups is 2. The molecule has 15 heteroatoms. The van der Waals surface area contributed by atoms with Crippen molar-refractivity contribution in [2.45, 2.75) is 52.5 Å². The largest absolute Gasteiger partial charge is 2.00 e. The zero-order valence-corrected chi connectivity index (χ0v) is 37.6. The molecule has 0 spiro atoms. The number of piperidine rings is 1. The molecule has 1 fully saturated rings. The second-order valence-electron chi connectivity index (χ2n) is 15.3. The number of nitrogen functional groups attached to an aromatic ring is 1. The average Bonchev–Trinajstić information content (AvgIpc) is 3.91. The van der Waals surface area contributed by atoms with Crippen LogP contribution in [-0.2, 0) is 22.2 Å². The van der Waals surface area contributed by atoms with E-state index in [2.05, 4.69) is 68.1 Å². The van der Waals surface area contributed by atoms with Gasteiger partial charge in [0, 0.05) is 41.9 Å². The molecule has 311 valence electrons. The average molecular weight is 888 g/mol. The summed E-state index contributed by atoms with van der Waals surface area (Å²) in [7, 11) is 1.68. The maximum atomic E-state index is 13.8. The molecule has 6 aromatic rings. The summed E-state index contributed by atoms with van der Waals surface area (Å²) in [5.41, 5.74) is 15.1. The number of para-hydroxylation sites is 1. The number of nitrogens with zero attached hydrogens (tertiary/aromatic N) is 6. The number of anilines is 2. The first-order valence-corrected chi connectivity index (χ1v) is 22.3. The zero-order valence-electron chi connectivity index (χ0n) is 34.5. The SMILES string of the molecule is [CH2-]N(C(=O)C(c1cc(C#CC2CCN(c3ccc(-c4cc(-c5ccccc5O)nnc4N)cc3)CC2)no1)C(C)C)[Si]([CH2-])C(=O)N[C@@H](C)c1ccc(-c2scnc2C)cc1.[Cr+2]. The van der Waals surface area contributed by atoms with Gasteiger partial charge in [-0.1, -0.05) is 73.5 Å². The number of hydrogen-bond donors (Lipinski definition) is 3. The summed E-state index contributed by atoms with van der Waals surface area (Å²) >= 11 is 1.59. The number of aromatic nitrogens is 4. The molecule has 1 radical (unpaired) electrons. The molecule has 7 rings (SSSR count). The third-order valence-corrected chi connectivity index (χ3v) is 13.4. The van der Waals surface area contributed by atoms with Gasteiger partial charge in [0.05, 0.1) is 42.7 Å². The molecular weight excluding hydrogens is 841 g/mol. The van der Waals surface area contributed by atoms with Gasteiger partial charge >= 0.3 is 17.4 Å². The van der Waals surface area contributed by atoms with Crippen LogP contribution in [-0.4, -0.2) is 63.5 Å². The van der Waals surface area contributed by atoms with Crippen LogP contribution in [0.2, 0.25) is 0 Å². The van der Waals surface area contributed by atoms with Gasteiger partial charge in [0.25, 0.3) is 0 Å². The Bertz CT molecular complexity index is 2530. The fraction of sp³-hybridized carbons (Fsp3) is 0.261. The van der Waals surface area contributed by atoms with Crippen molar-refractivity contribution < 1.29 is 36.6 Å². The number of hydrogen-bond acceptors (Lipinski definition) is 11. The summed E-state index contributed by atoms with van der Waals surface area (Å²) in [6.45, 7) is 13.5. The predicted molar refractivity (Wildman–Crippen MR) is 237 cm³/mol. The van der Waals surface area contributed by atoms with Crippen LogP contribution in [0, 0.1) is 44.2 Å². The summed E-state index contributed by atoms with van der Waals surface area (Å²) in [5, 5.41) is 25.9. The van der Waals surface area contributed by atoms with Gasteiger partial charge in [0.15, 0.2) is 28.7 Å². The Kier molecular flexibility index (Phi) is 14.5. The second kappa shape index (κ2) is 19.7. The van der Waals surface area contributed by atoms with Gasteiger partial charge in [-0.2, -0.15) is 0 Å². The van der Waals surface area contributed by atoms with Gasteiger partial charge in [-0.25, -0.2) is 4.98 Å². The van der Waals surface area contributed by atoms with E-state index in [1.54, 1.807) is 35.6 Å². The summed E-state index contributed by atoms with van der Waals surface area (Å²) in [6, 6.07) is 26.5. The molecule has 1 aliphatic rings. The first-order chi connectivity index (χ1) is 28.9. The number of amides is 2. The Morgan fingerprint density at radius 2 is 1.69 bits per heavy atom. The molecule has 1 saturated heterocycles. The van der Waals surface area contributed by atoms with Gasteiger partial charge in [-0.05, 0) is 85.5 Å². The predicted octanol–water partition coefficient (Wildman–Crippen LogP) is 8.56. The number of phenols is 1. The summed E-state index contributed by atoms with van der Waals surface area (Å²) in [6.07, 6.45) is 1.75. The number of nitrogens with one attached hydrogen (secondary N) is 1. The third-order valence-electron chi connectivity index (χ3n) is 10.8. The van der Waals surface area contributed by atoms with Crippen LogP contribution < -0.4 is 16.0 Å². The first kappa shape index (κ1) is 44.8. The van der Waals surface area contributed by atoms with Crippen LogP contribution in [0.3, 0.4) is 0 Å². The molecule has 61 heavy (non-hydrogen) atoms. The van der Waals surface area contributed by atoms with Crippen molar-refractivity contribution in [3.05, 3.63) is 127 Å². The van der Waals surface area contributed by atoms with Crippen LogP contribution in [0.5, 0.6) is 5.75 Å². The first-order valence-electron chi connectivity index (χ1n) is 19.8. The van der Waals surface area contributed by atoms with Crippen LogP contribution in [0.1, 0.15) is 68.3 Å². The molecule has 4 N–H and O–H groups in total. The molecule has 3 aromatic carbocycles. The van der Waals surface area contributed by atoms with Crippen LogP contribution in [0.25, 0.3) is 32.8 Å². The Morgan fingerprint density at radius 3 is 2.34 bits per heavy atom. The van der Waals surface area contributed by atoms with E-state index in [9.17, 15) is 14.7 Å². The molecule has 0 bridgehead atoms. The summed E-state index contributed by atoms with van der Waals surface area (Å²) in [5.74, 6) is 6.31. The number of nitrogens with two attached hydrogens (primary N) is 1. The van der Waals surface area contributed by atoms with Gasteiger partial charge in [0.1, 0.15) is 5.75 Å². The Morgan fingerprint density at radius 1 is 1.00 bits per heavy atom. The number of phenolic OH excluding ortho intramolecular Hbond substituents is 1. The van der Waals surface area contributed by atoms with Crippen molar-refractivity contribution in [2.24, 2.45) is 11.8 Å². The maximum absolute atomic E-state index is 13.8. The van der Waals surface area contributed by atoms with Crippen molar-refractivity contribution >= 4 is 43.2 Å². The standard InChI is InChI=1S/C46H47N8O4SSi.Cr/c1-28(2)42(45(56)53(5)60(6)46(57)49-29(3)32-12-14-34(15-13-32)43-30(4)48-27-59-43)41-25-35(52-58-41)18-11-31-21-23-54(24-22-31)36-19-16-33(17-20-36)38-26-39(50-51-44(38)47)37-9-7-8-10-40(37)55;/h7-10,12-17,19-20,25-29,31,42,55H,5-6,21-24H2,1-4H3,(H2,47,51)(H,49,57);/q-2;+2/t29-,42?;/m0./s1.